The summed E-state index contributed by atoms with van der Waals surface area (Å²) < 4.78 is 5.25. The predicted molar refractivity (Wildman–Crippen MR) is 72.9 cm³/mol. The van der Waals surface area contributed by atoms with Gasteiger partial charge in [-0.1, -0.05) is 18.2 Å². The monoisotopic (exact) mass is 257 g/mol. The van der Waals surface area contributed by atoms with Crippen molar-refractivity contribution in [2.45, 2.75) is 0 Å². The number of para-hydroxylation sites is 1. The number of ether oxygens (including phenoxy) is 1. The second kappa shape index (κ2) is 4.85. The lowest BCUT2D eigenvalue weighted by Gasteiger charge is -2.27. The molecular formula is C14H15N3O2. The number of nitrogens with zero attached hydrogens (tertiary/aromatic N) is 2. The largest absolute Gasteiger partial charge is 0.383 e. The van der Waals surface area contributed by atoms with E-state index in [1.807, 2.05) is 30.3 Å². The van der Waals surface area contributed by atoms with Crippen LogP contribution in [-0.4, -0.2) is 42.1 Å². The number of anilines is 1. The number of nitrogen functional groups attached to an aromatic ring is 1. The fraction of sp³-hybridized carbons (Fsp3) is 0.286. The van der Waals surface area contributed by atoms with Crippen LogP contribution in [0.5, 0.6) is 0 Å². The van der Waals surface area contributed by atoms with Crippen LogP contribution < -0.4 is 5.73 Å². The summed E-state index contributed by atoms with van der Waals surface area (Å²) in [6.07, 6.45) is 0. The smallest absolute Gasteiger partial charge is 0.257 e. The van der Waals surface area contributed by atoms with Crippen molar-refractivity contribution in [3.8, 4) is 0 Å². The number of carbonyl (C=O) groups is 1. The van der Waals surface area contributed by atoms with Crippen LogP contribution in [0.4, 0.5) is 5.82 Å². The average molecular weight is 257 g/mol. The summed E-state index contributed by atoms with van der Waals surface area (Å²) >= 11 is 0. The third-order valence-electron chi connectivity index (χ3n) is 3.28. The zero-order valence-corrected chi connectivity index (χ0v) is 10.5. The first-order valence-corrected chi connectivity index (χ1v) is 6.28. The molecule has 0 bridgehead atoms. The molecule has 0 radical (unpaired) electrons. The molecule has 5 nitrogen and oxygen atoms in total. The highest BCUT2D eigenvalue weighted by atomic mass is 16.5. The summed E-state index contributed by atoms with van der Waals surface area (Å²) in [7, 11) is 0. The minimum Gasteiger partial charge on any atom is -0.383 e. The standard InChI is InChI=1S/C14H15N3O2/c15-13-11(14(18)17-5-7-19-8-6-17)9-10-3-1-2-4-12(10)16-13/h1-4,9H,5-8H2,(H2,15,16). The molecule has 2 N–H and O–H groups in total. The maximum atomic E-state index is 12.4. The molecule has 5 heteroatoms. The molecule has 98 valence electrons. The van der Waals surface area contributed by atoms with Gasteiger partial charge in [-0.25, -0.2) is 4.98 Å². The number of hydrogen-bond acceptors (Lipinski definition) is 4. The number of hydrogen-bond donors (Lipinski definition) is 1. The molecule has 1 aromatic heterocycles. The van der Waals surface area contributed by atoms with E-state index in [-0.39, 0.29) is 11.7 Å². The highest BCUT2D eigenvalue weighted by Crippen LogP contribution is 2.20. The fourth-order valence-corrected chi connectivity index (χ4v) is 2.24. The normalized spacial score (nSPS) is 15.7. The number of morpholine rings is 1. The van der Waals surface area contributed by atoms with Gasteiger partial charge in [0.25, 0.3) is 5.91 Å². The molecule has 19 heavy (non-hydrogen) atoms. The van der Waals surface area contributed by atoms with Crippen molar-refractivity contribution in [3.05, 3.63) is 35.9 Å². The van der Waals surface area contributed by atoms with Crippen molar-refractivity contribution in [1.29, 1.82) is 0 Å². The van der Waals surface area contributed by atoms with Crippen molar-refractivity contribution < 1.29 is 9.53 Å². The number of amides is 1. The summed E-state index contributed by atoms with van der Waals surface area (Å²) in [5.74, 6) is 0.217. The zero-order chi connectivity index (χ0) is 13.2. The summed E-state index contributed by atoms with van der Waals surface area (Å²) in [6.45, 7) is 2.36. The van der Waals surface area contributed by atoms with Crippen LogP contribution >= 0.6 is 0 Å². The van der Waals surface area contributed by atoms with Crippen molar-refractivity contribution in [1.82, 2.24) is 9.88 Å². The van der Waals surface area contributed by atoms with Gasteiger partial charge in [-0.15, -0.1) is 0 Å². The lowest BCUT2D eigenvalue weighted by atomic mass is 10.1. The average Bonchev–Trinajstić information content (AvgIpc) is 2.47. The van der Waals surface area contributed by atoms with Crippen LogP contribution in [0.3, 0.4) is 0 Å². The Morgan fingerprint density at radius 3 is 2.79 bits per heavy atom. The lowest BCUT2D eigenvalue weighted by molar-refractivity contribution is 0.0303. The van der Waals surface area contributed by atoms with Crippen LogP contribution in [0, 0.1) is 0 Å². The van der Waals surface area contributed by atoms with E-state index in [4.69, 9.17) is 10.5 Å². The minimum atomic E-state index is -0.0703. The summed E-state index contributed by atoms with van der Waals surface area (Å²) in [5.41, 5.74) is 7.18. The molecule has 0 atom stereocenters. The van der Waals surface area contributed by atoms with Crippen LogP contribution in [-0.2, 0) is 4.74 Å². The van der Waals surface area contributed by atoms with Gasteiger partial charge in [0.2, 0.25) is 0 Å². The Kier molecular flexibility index (Phi) is 3.05. The summed E-state index contributed by atoms with van der Waals surface area (Å²) in [4.78, 5) is 18.5. The molecule has 1 aromatic carbocycles. The quantitative estimate of drug-likeness (QED) is 0.835. The first-order valence-electron chi connectivity index (χ1n) is 6.28. The van der Waals surface area contributed by atoms with Gasteiger partial charge in [-0.3, -0.25) is 4.79 Å². The van der Waals surface area contributed by atoms with E-state index in [9.17, 15) is 4.79 Å². The van der Waals surface area contributed by atoms with Gasteiger partial charge < -0.3 is 15.4 Å². The van der Waals surface area contributed by atoms with E-state index in [2.05, 4.69) is 4.98 Å². The van der Waals surface area contributed by atoms with E-state index < -0.39 is 0 Å². The van der Waals surface area contributed by atoms with E-state index in [0.717, 1.165) is 10.9 Å². The number of benzene rings is 1. The third-order valence-corrected chi connectivity index (χ3v) is 3.28. The Hall–Kier alpha value is -2.14. The molecule has 1 aliphatic rings. The Morgan fingerprint density at radius 2 is 2.00 bits per heavy atom. The molecule has 0 aliphatic carbocycles. The van der Waals surface area contributed by atoms with Gasteiger partial charge in [0.15, 0.2) is 0 Å². The Bertz CT molecular complexity index is 621. The van der Waals surface area contributed by atoms with Gasteiger partial charge in [0.05, 0.1) is 24.3 Å². The van der Waals surface area contributed by atoms with Gasteiger partial charge in [-0.05, 0) is 12.1 Å². The Morgan fingerprint density at radius 1 is 1.26 bits per heavy atom. The van der Waals surface area contributed by atoms with E-state index in [1.165, 1.54) is 0 Å². The van der Waals surface area contributed by atoms with E-state index in [1.54, 1.807) is 4.90 Å². The Labute approximate surface area is 111 Å². The number of pyridine rings is 1. The Balaban J connectivity index is 1.99. The van der Waals surface area contributed by atoms with Gasteiger partial charge in [0, 0.05) is 18.5 Å². The molecule has 3 rings (SSSR count). The fourth-order valence-electron chi connectivity index (χ4n) is 2.24. The highest BCUT2D eigenvalue weighted by molar-refractivity contribution is 6.01. The molecule has 1 aliphatic heterocycles. The highest BCUT2D eigenvalue weighted by Gasteiger charge is 2.21. The van der Waals surface area contributed by atoms with Crippen LogP contribution in [0.15, 0.2) is 30.3 Å². The number of aromatic nitrogens is 1. The second-order valence-electron chi connectivity index (χ2n) is 4.52. The van der Waals surface area contributed by atoms with Crippen LogP contribution in [0.1, 0.15) is 10.4 Å². The van der Waals surface area contributed by atoms with Crippen molar-refractivity contribution in [2.24, 2.45) is 0 Å². The first-order chi connectivity index (χ1) is 9.25. The number of nitrogens with two attached hydrogens (primary N) is 1. The number of rotatable bonds is 1. The molecule has 1 saturated heterocycles. The number of carbonyl (C=O) groups excluding carboxylic acids is 1. The second-order valence-corrected chi connectivity index (χ2v) is 4.52. The zero-order valence-electron chi connectivity index (χ0n) is 10.5. The van der Waals surface area contributed by atoms with Crippen molar-refractivity contribution in [3.63, 3.8) is 0 Å². The predicted octanol–water partition coefficient (Wildman–Crippen LogP) is 1.29. The molecule has 0 spiro atoms. The van der Waals surface area contributed by atoms with Gasteiger partial charge in [-0.2, -0.15) is 0 Å². The first kappa shape index (κ1) is 11.9. The van der Waals surface area contributed by atoms with Crippen molar-refractivity contribution in [2.75, 3.05) is 32.0 Å². The maximum Gasteiger partial charge on any atom is 0.257 e. The molecule has 1 fully saturated rings. The summed E-state index contributed by atoms with van der Waals surface area (Å²) in [6, 6.07) is 9.45. The summed E-state index contributed by atoms with van der Waals surface area (Å²) in [5, 5.41) is 0.924. The van der Waals surface area contributed by atoms with Gasteiger partial charge in [0.1, 0.15) is 5.82 Å². The SMILES string of the molecule is Nc1nc2ccccc2cc1C(=O)N1CCOCC1. The maximum absolute atomic E-state index is 12.4. The topological polar surface area (TPSA) is 68.5 Å². The molecule has 1 amide bonds. The van der Waals surface area contributed by atoms with Crippen molar-refractivity contribution >= 4 is 22.6 Å². The lowest BCUT2D eigenvalue weighted by Crippen LogP contribution is -2.41. The van der Waals surface area contributed by atoms with Crippen LogP contribution in [0.2, 0.25) is 0 Å². The van der Waals surface area contributed by atoms with E-state index in [0.29, 0.717) is 31.9 Å². The number of fused-ring (bicyclic) bond motifs is 1. The van der Waals surface area contributed by atoms with Gasteiger partial charge >= 0.3 is 0 Å². The molecule has 2 heterocycles. The van der Waals surface area contributed by atoms with E-state index >= 15 is 0 Å². The molecular weight excluding hydrogens is 242 g/mol. The molecule has 0 saturated carbocycles. The molecule has 0 unspecified atom stereocenters. The minimum absolute atomic E-state index is 0.0703. The van der Waals surface area contributed by atoms with Crippen LogP contribution in [0.25, 0.3) is 10.9 Å². The molecule has 2 aromatic rings. The third kappa shape index (κ3) is 2.24.